The van der Waals surface area contributed by atoms with E-state index in [0.29, 0.717) is 24.2 Å². The highest BCUT2D eigenvalue weighted by Gasteiger charge is 2.29. The number of rotatable bonds is 4. The van der Waals surface area contributed by atoms with Crippen molar-refractivity contribution in [2.45, 2.75) is 92.6 Å². The standard InChI is InChI=1S/2C17H23N3S/c2*1-11(2)8-9-19-10-14-6-5-7-15-16(14)20(17(21)18-15)13(4)12(19)3/h2*5-8,12-13H,9-10H2,1-4H3,(H,18,21)/t2*12-,13-/m10/s1. The average molecular weight is 603 g/mol. The van der Waals surface area contributed by atoms with E-state index in [1.54, 1.807) is 0 Å². The zero-order valence-corrected chi connectivity index (χ0v) is 28.0. The first-order valence-electron chi connectivity index (χ1n) is 15.2. The van der Waals surface area contributed by atoms with Crippen molar-refractivity contribution in [2.75, 3.05) is 13.1 Å². The smallest absolute Gasteiger partial charge is 0.178 e. The first-order chi connectivity index (χ1) is 20.0. The number of nitrogens with one attached hydrogen (secondary N) is 2. The number of benzene rings is 2. The molecule has 0 unspecified atom stereocenters. The number of allylic oxidation sites excluding steroid dienone is 2. The van der Waals surface area contributed by atoms with Crippen molar-refractivity contribution >= 4 is 46.5 Å². The van der Waals surface area contributed by atoms with Gasteiger partial charge in [0.2, 0.25) is 0 Å². The predicted molar refractivity (Wildman–Crippen MR) is 182 cm³/mol. The van der Waals surface area contributed by atoms with E-state index >= 15 is 0 Å². The van der Waals surface area contributed by atoms with Crippen molar-refractivity contribution in [3.8, 4) is 0 Å². The number of aromatic amines is 2. The molecule has 0 fully saturated rings. The van der Waals surface area contributed by atoms with Gasteiger partial charge in [-0.15, -0.1) is 0 Å². The number of imidazole rings is 2. The summed E-state index contributed by atoms with van der Waals surface area (Å²) in [7, 11) is 0. The Morgan fingerprint density at radius 1 is 0.667 bits per heavy atom. The summed E-state index contributed by atoms with van der Waals surface area (Å²) in [6.07, 6.45) is 4.62. The highest BCUT2D eigenvalue weighted by atomic mass is 32.1. The van der Waals surface area contributed by atoms with Crippen LogP contribution in [0.3, 0.4) is 0 Å². The van der Waals surface area contributed by atoms with Gasteiger partial charge in [-0.3, -0.25) is 9.80 Å². The van der Waals surface area contributed by atoms with Crippen LogP contribution in [-0.4, -0.2) is 54.1 Å². The van der Waals surface area contributed by atoms with Crippen LogP contribution in [0, 0.1) is 9.54 Å². The third kappa shape index (κ3) is 5.87. The second-order valence-corrected chi connectivity index (χ2v) is 13.4. The summed E-state index contributed by atoms with van der Waals surface area (Å²) in [4.78, 5) is 11.8. The molecular formula is C34H46N6S2. The Kier molecular flexibility index (Phi) is 9.09. The van der Waals surface area contributed by atoms with E-state index in [9.17, 15) is 0 Å². The van der Waals surface area contributed by atoms with E-state index in [1.807, 2.05) is 0 Å². The third-order valence-electron chi connectivity index (χ3n) is 9.22. The highest BCUT2D eigenvalue weighted by Crippen LogP contribution is 2.33. The van der Waals surface area contributed by atoms with Crippen LogP contribution in [0.1, 0.15) is 78.6 Å². The summed E-state index contributed by atoms with van der Waals surface area (Å²) in [5, 5.41) is 0. The second kappa shape index (κ2) is 12.4. The van der Waals surface area contributed by atoms with Crippen molar-refractivity contribution in [2.24, 2.45) is 0 Å². The summed E-state index contributed by atoms with van der Waals surface area (Å²) in [6.45, 7) is 21.7. The molecular weight excluding hydrogens is 557 g/mol. The van der Waals surface area contributed by atoms with Gasteiger partial charge in [0.15, 0.2) is 9.54 Å². The molecule has 4 atom stereocenters. The van der Waals surface area contributed by atoms with E-state index in [4.69, 9.17) is 24.4 Å². The maximum atomic E-state index is 5.56. The normalized spacial score (nSPS) is 22.3. The van der Waals surface area contributed by atoms with Gasteiger partial charge >= 0.3 is 0 Å². The summed E-state index contributed by atoms with van der Waals surface area (Å²) in [6, 6.07) is 14.5. The zero-order chi connectivity index (χ0) is 30.3. The largest absolute Gasteiger partial charge is 0.331 e. The first kappa shape index (κ1) is 30.7. The molecule has 0 saturated heterocycles. The van der Waals surface area contributed by atoms with Crippen LogP contribution >= 0.6 is 24.4 Å². The Labute approximate surface area is 260 Å². The molecule has 8 heteroatoms. The van der Waals surface area contributed by atoms with Gasteiger partial charge in [0.25, 0.3) is 0 Å². The number of hydrogen-bond donors (Lipinski definition) is 2. The molecule has 2 aliphatic heterocycles. The summed E-state index contributed by atoms with van der Waals surface area (Å²) < 4.78 is 6.27. The van der Waals surface area contributed by atoms with Gasteiger partial charge in [0.1, 0.15) is 0 Å². The summed E-state index contributed by atoms with van der Waals surface area (Å²) in [5.41, 5.74) is 10.3. The fraction of sp³-hybridized carbons (Fsp3) is 0.471. The van der Waals surface area contributed by atoms with Crippen LogP contribution in [0.25, 0.3) is 22.1 Å². The molecule has 224 valence electrons. The summed E-state index contributed by atoms with van der Waals surface area (Å²) in [5.74, 6) is 0. The minimum atomic E-state index is 0.362. The third-order valence-corrected chi connectivity index (χ3v) is 9.82. The maximum Gasteiger partial charge on any atom is 0.178 e. The molecule has 4 aromatic rings. The lowest BCUT2D eigenvalue weighted by molar-refractivity contribution is 0.181. The van der Waals surface area contributed by atoms with E-state index < -0.39 is 0 Å². The van der Waals surface area contributed by atoms with Crippen molar-refractivity contribution in [3.05, 3.63) is 80.4 Å². The number of para-hydroxylation sites is 2. The van der Waals surface area contributed by atoms with E-state index in [0.717, 1.165) is 46.8 Å². The average Bonchev–Trinajstić information content (AvgIpc) is 3.40. The minimum Gasteiger partial charge on any atom is -0.331 e. The first-order valence-corrected chi connectivity index (χ1v) is 16.0. The lowest BCUT2D eigenvalue weighted by Gasteiger charge is -2.30. The monoisotopic (exact) mass is 602 g/mol. The van der Waals surface area contributed by atoms with Crippen LogP contribution < -0.4 is 0 Å². The van der Waals surface area contributed by atoms with Crippen LogP contribution in [0.15, 0.2) is 59.7 Å². The molecule has 2 aromatic heterocycles. The fourth-order valence-electron chi connectivity index (χ4n) is 6.37. The highest BCUT2D eigenvalue weighted by molar-refractivity contribution is 7.71. The van der Waals surface area contributed by atoms with Crippen molar-refractivity contribution in [1.82, 2.24) is 28.9 Å². The van der Waals surface area contributed by atoms with E-state index in [-0.39, 0.29) is 0 Å². The fourth-order valence-corrected chi connectivity index (χ4v) is 7.10. The van der Waals surface area contributed by atoms with Gasteiger partial charge in [0.05, 0.1) is 22.1 Å². The Morgan fingerprint density at radius 3 is 1.40 bits per heavy atom. The maximum absolute atomic E-state index is 5.56. The molecule has 0 radical (unpaired) electrons. The van der Waals surface area contributed by atoms with Crippen LogP contribution in [0.5, 0.6) is 0 Å². The molecule has 2 N–H and O–H groups in total. The van der Waals surface area contributed by atoms with E-state index in [2.05, 4.69) is 133 Å². The quantitative estimate of drug-likeness (QED) is 0.181. The number of aromatic nitrogens is 4. The molecule has 6 nitrogen and oxygen atoms in total. The van der Waals surface area contributed by atoms with Gasteiger partial charge in [-0.05, 0) is 103 Å². The molecule has 0 spiro atoms. The number of hydrogen-bond acceptors (Lipinski definition) is 4. The Balaban J connectivity index is 0.000000168. The zero-order valence-electron chi connectivity index (χ0n) is 26.4. The molecule has 4 heterocycles. The second-order valence-electron chi connectivity index (χ2n) is 12.6. The van der Waals surface area contributed by atoms with Crippen LogP contribution in [-0.2, 0) is 13.1 Å². The van der Waals surface area contributed by atoms with Crippen molar-refractivity contribution < 1.29 is 0 Å². The lowest BCUT2D eigenvalue weighted by atomic mass is 10.1. The predicted octanol–water partition coefficient (Wildman–Crippen LogP) is 8.86. The minimum absolute atomic E-state index is 0.362. The topological polar surface area (TPSA) is 47.9 Å². The number of nitrogens with zero attached hydrogens (tertiary/aromatic N) is 4. The Bertz CT molecular complexity index is 1630. The van der Waals surface area contributed by atoms with Crippen molar-refractivity contribution in [3.63, 3.8) is 0 Å². The molecule has 42 heavy (non-hydrogen) atoms. The van der Waals surface area contributed by atoms with Crippen LogP contribution in [0.4, 0.5) is 0 Å². The van der Waals surface area contributed by atoms with Crippen molar-refractivity contribution in [1.29, 1.82) is 0 Å². The molecule has 0 aliphatic carbocycles. The molecule has 0 saturated carbocycles. The van der Waals surface area contributed by atoms with Gasteiger partial charge < -0.3 is 19.1 Å². The Morgan fingerprint density at radius 2 is 1.05 bits per heavy atom. The molecule has 0 amide bonds. The van der Waals surface area contributed by atoms with Crippen LogP contribution in [0.2, 0.25) is 0 Å². The molecule has 6 rings (SSSR count). The molecule has 0 bridgehead atoms. The van der Waals surface area contributed by atoms with E-state index in [1.165, 1.54) is 33.3 Å². The van der Waals surface area contributed by atoms with Gasteiger partial charge in [-0.2, -0.15) is 0 Å². The number of H-pyrrole nitrogens is 2. The lowest BCUT2D eigenvalue weighted by Crippen LogP contribution is -2.36. The molecule has 2 aromatic carbocycles. The van der Waals surface area contributed by atoms with Gasteiger partial charge in [-0.25, -0.2) is 0 Å². The van der Waals surface area contributed by atoms with Gasteiger partial charge in [-0.1, -0.05) is 47.6 Å². The van der Waals surface area contributed by atoms with Gasteiger partial charge in [0, 0.05) is 50.3 Å². The SMILES string of the molecule is CC(C)=CCN1Cc2cccc3[nH]c(=S)n(c23)[C@@H](C)[C@@H]1C.CC(C)=CCN1Cc2cccc3[nH]c(=S)n(c23)[C@H](C)[C@H]1C. The molecule has 2 aliphatic rings. The summed E-state index contributed by atoms with van der Waals surface area (Å²) >= 11 is 11.1. The Hall–Kier alpha value is -2.78.